The van der Waals surface area contributed by atoms with Crippen LogP contribution in [0.2, 0.25) is 0 Å². The number of carbonyl (C=O) groups is 2. The van der Waals surface area contributed by atoms with Crippen molar-refractivity contribution < 1.29 is 14.3 Å². The lowest BCUT2D eigenvalue weighted by atomic mass is 10.0. The second-order valence-electron chi connectivity index (χ2n) is 7.45. The van der Waals surface area contributed by atoms with Crippen LogP contribution in [0.1, 0.15) is 25.1 Å². The standard InChI is InChI=1S/C25H23N3O3/c1-17(2)31-21-13-11-18(12-14-21)22-23(27-19-8-4-3-5-9-19)25(30)28(24(22)29)16-20-10-6-7-15-26-20/h3-15,17,27H,16H2,1-2H3. The van der Waals surface area contributed by atoms with Crippen molar-refractivity contribution in [2.75, 3.05) is 5.32 Å². The van der Waals surface area contributed by atoms with E-state index in [1.165, 1.54) is 4.90 Å². The fourth-order valence-electron chi connectivity index (χ4n) is 3.40. The number of hydrogen-bond donors (Lipinski definition) is 1. The zero-order valence-electron chi connectivity index (χ0n) is 17.4. The molecule has 6 heteroatoms. The van der Waals surface area contributed by atoms with Crippen LogP contribution in [0.25, 0.3) is 5.57 Å². The Morgan fingerprint density at radius 2 is 1.61 bits per heavy atom. The van der Waals surface area contributed by atoms with E-state index in [4.69, 9.17) is 4.74 Å². The van der Waals surface area contributed by atoms with Gasteiger partial charge in [-0.1, -0.05) is 36.4 Å². The van der Waals surface area contributed by atoms with E-state index in [1.807, 2.05) is 62.4 Å². The number of amides is 2. The van der Waals surface area contributed by atoms with Crippen molar-refractivity contribution in [3.8, 4) is 5.75 Å². The van der Waals surface area contributed by atoms with Crippen molar-refractivity contribution in [1.29, 1.82) is 0 Å². The molecular weight excluding hydrogens is 390 g/mol. The highest BCUT2D eigenvalue weighted by Crippen LogP contribution is 2.32. The fraction of sp³-hybridized carbons (Fsp3) is 0.160. The molecule has 2 heterocycles. The topological polar surface area (TPSA) is 71.5 Å². The number of carbonyl (C=O) groups excluding carboxylic acids is 2. The first-order valence-electron chi connectivity index (χ1n) is 10.1. The van der Waals surface area contributed by atoms with Gasteiger partial charge in [0.2, 0.25) is 0 Å². The first-order valence-corrected chi connectivity index (χ1v) is 10.1. The molecule has 6 nitrogen and oxygen atoms in total. The Bertz CT molecular complexity index is 1110. The van der Waals surface area contributed by atoms with E-state index in [0.717, 1.165) is 5.69 Å². The molecule has 4 rings (SSSR count). The minimum atomic E-state index is -0.378. The molecule has 31 heavy (non-hydrogen) atoms. The molecule has 156 valence electrons. The summed E-state index contributed by atoms with van der Waals surface area (Å²) in [7, 11) is 0. The normalized spacial score (nSPS) is 13.8. The number of benzene rings is 2. The summed E-state index contributed by atoms with van der Waals surface area (Å²) in [6.07, 6.45) is 1.69. The molecule has 0 atom stereocenters. The van der Waals surface area contributed by atoms with Crippen LogP contribution in [0.5, 0.6) is 5.75 Å². The number of para-hydroxylation sites is 1. The van der Waals surface area contributed by atoms with Gasteiger partial charge in [0.1, 0.15) is 11.4 Å². The molecule has 0 fully saturated rings. The van der Waals surface area contributed by atoms with Crippen molar-refractivity contribution in [2.24, 2.45) is 0 Å². The van der Waals surface area contributed by atoms with Gasteiger partial charge in [0, 0.05) is 11.9 Å². The van der Waals surface area contributed by atoms with Crippen LogP contribution >= 0.6 is 0 Å². The SMILES string of the molecule is CC(C)Oc1ccc(C2=C(Nc3ccccc3)C(=O)N(Cc3ccccn3)C2=O)cc1. The van der Waals surface area contributed by atoms with Crippen molar-refractivity contribution in [3.63, 3.8) is 0 Å². The van der Waals surface area contributed by atoms with Crippen LogP contribution in [-0.2, 0) is 16.1 Å². The third kappa shape index (κ3) is 4.48. The lowest BCUT2D eigenvalue weighted by molar-refractivity contribution is -0.137. The minimum absolute atomic E-state index is 0.0453. The fourth-order valence-corrected chi connectivity index (χ4v) is 3.40. The van der Waals surface area contributed by atoms with E-state index in [-0.39, 0.29) is 30.2 Å². The van der Waals surface area contributed by atoms with E-state index in [9.17, 15) is 9.59 Å². The average molecular weight is 413 g/mol. The summed E-state index contributed by atoms with van der Waals surface area (Å²) in [6, 6.07) is 22.0. The highest BCUT2D eigenvalue weighted by molar-refractivity contribution is 6.36. The molecular formula is C25H23N3O3. The number of anilines is 1. The van der Waals surface area contributed by atoms with Gasteiger partial charge in [0.25, 0.3) is 11.8 Å². The summed E-state index contributed by atoms with van der Waals surface area (Å²) in [5, 5.41) is 3.15. The van der Waals surface area contributed by atoms with E-state index in [2.05, 4.69) is 10.3 Å². The molecule has 0 saturated heterocycles. The van der Waals surface area contributed by atoms with Crippen LogP contribution in [-0.4, -0.2) is 27.8 Å². The number of nitrogens with one attached hydrogen (secondary N) is 1. The third-order valence-corrected chi connectivity index (χ3v) is 4.77. The van der Waals surface area contributed by atoms with E-state index < -0.39 is 0 Å². The van der Waals surface area contributed by atoms with Crippen LogP contribution in [0, 0.1) is 0 Å². The molecule has 2 amide bonds. The van der Waals surface area contributed by atoms with Gasteiger partial charge in [-0.2, -0.15) is 0 Å². The number of rotatable bonds is 7. The molecule has 0 aliphatic carbocycles. The second-order valence-corrected chi connectivity index (χ2v) is 7.45. The van der Waals surface area contributed by atoms with Gasteiger partial charge in [-0.15, -0.1) is 0 Å². The Kier molecular flexibility index (Phi) is 5.80. The molecule has 0 unspecified atom stereocenters. The Hall–Kier alpha value is -3.93. The van der Waals surface area contributed by atoms with Crippen LogP contribution in [0.3, 0.4) is 0 Å². The van der Waals surface area contributed by atoms with Gasteiger partial charge in [-0.3, -0.25) is 19.5 Å². The quantitative estimate of drug-likeness (QED) is 0.586. The van der Waals surface area contributed by atoms with Gasteiger partial charge in [0.15, 0.2) is 0 Å². The summed E-state index contributed by atoms with van der Waals surface area (Å²) in [5.41, 5.74) is 2.61. The summed E-state index contributed by atoms with van der Waals surface area (Å²) in [6.45, 7) is 4.01. The van der Waals surface area contributed by atoms with Crippen molar-refractivity contribution in [2.45, 2.75) is 26.5 Å². The predicted octanol–water partition coefficient (Wildman–Crippen LogP) is 4.26. The molecule has 1 aliphatic heterocycles. The van der Waals surface area contributed by atoms with Gasteiger partial charge >= 0.3 is 0 Å². The maximum absolute atomic E-state index is 13.3. The van der Waals surface area contributed by atoms with E-state index in [0.29, 0.717) is 22.6 Å². The van der Waals surface area contributed by atoms with Gasteiger partial charge in [0.05, 0.1) is 23.9 Å². The van der Waals surface area contributed by atoms with E-state index in [1.54, 1.807) is 30.5 Å². The monoisotopic (exact) mass is 413 g/mol. The van der Waals surface area contributed by atoms with Gasteiger partial charge < -0.3 is 10.1 Å². The summed E-state index contributed by atoms with van der Waals surface area (Å²) < 4.78 is 5.70. The highest BCUT2D eigenvalue weighted by Gasteiger charge is 2.39. The first-order chi connectivity index (χ1) is 15.0. The zero-order chi connectivity index (χ0) is 21.8. The maximum atomic E-state index is 13.3. The number of ether oxygens (including phenoxy) is 1. The molecule has 1 aliphatic rings. The van der Waals surface area contributed by atoms with E-state index >= 15 is 0 Å². The second kappa shape index (κ2) is 8.83. The number of hydrogen-bond acceptors (Lipinski definition) is 5. The zero-order valence-corrected chi connectivity index (χ0v) is 17.4. The van der Waals surface area contributed by atoms with Crippen LogP contribution < -0.4 is 10.1 Å². The molecule has 1 aromatic heterocycles. The lowest BCUT2D eigenvalue weighted by Gasteiger charge is -2.15. The largest absolute Gasteiger partial charge is 0.491 e. The average Bonchev–Trinajstić information content (AvgIpc) is 3.00. The Balaban J connectivity index is 1.70. The summed E-state index contributed by atoms with van der Waals surface area (Å²) in [4.78, 5) is 32.1. The summed E-state index contributed by atoms with van der Waals surface area (Å²) >= 11 is 0. The Labute approximate surface area is 181 Å². The first kappa shape index (κ1) is 20.3. The minimum Gasteiger partial charge on any atom is -0.491 e. The number of pyridine rings is 1. The van der Waals surface area contributed by atoms with Gasteiger partial charge in [-0.25, -0.2) is 0 Å². The van der Waals surface area contributed by atoms with Crippen molar-refractivity contribution in [1.82, 2.24) is 9.88 Å². The Morgan fingerprint density at radius 1 is 0.903 bits per heavy atom. The number of aromatic nitrogens is 1. The molecule has 1 N–H and O–H groups in total. The highest BCUT2D eigenvalue weighted by atomic mass is 16.5. The molecule has 3 aromatic rings. The van der Waals surface area contributed by atoms with Crippen LogP contribution in [0.4, 0.5) is 5.69 Å². The van der Waals surface area contributed by atoms with Crippen LogP contribution in [0.15, 0.2) is 84.7 Å². The third-order valence-electron chi connectivity index (χ3n) is 4.77. The molecule has 2 aromatic carbocycles. The molecule has 0 spiro atoms. The smallest absolute Gasteiger partial charge is 0.278 e. The molecule has 0 bridgehead atoms. The number of nitrogens with zero attached hydrogens (tertiary/aromatic N) is 2. The molecule has 0 saturated carbocycles. The Morgan fingerprint density at radius 3 is 2.26 bits per heavy atom. The van der Waals surface area contributed by atoms with Crippen molar-refractivity contribution >= 4 is 23.1 Å². The maximum Gasteiger partial charge on any atom is 0.278 e. The summed E-state index contributed by atoms with van der Waals surface area (Å²) in [5.74, 6) is -0.0253. The lowest BCUT2D eigenvalue weighted by Crippen LogP contribution is -2.32. The van der Waals surface area contributed by atoms with Gasteiger partial charge in [-0.05, 0) is 55.8 Å². The van der Waals surface area contributed by atoms with Crippen molar-refractivity contribution in [3.05, 3.63) is 95.9 Å². The predicted molar refractivity (Wildman–Crippen MR) is 119 cm³/mol. The number of imide groups is 1. The molecule has 0 radical (unpaired) electrons.